The van der Waals surface area contributed by atoms with Gasteiger partial charge in [0, 0.05) is 4.88 Å². The number of carbonyl (C=O) groups excluding carboxylic acids is 1. The number of benzene rings is 2. The van der Waals surface area contributed by atoms with Crippen LogP contribution in [0.25, 0.3) is 0 Å². The van der Waals surface area contributed by atoms with E-state index in [0.29, 0.717) is 5.13 Å². The van der Waals surface area contributed by atoms with E-state index in [1.54, 1.807) is 0 Å². The normalized spacial score (nSPS) is 11.2. The summed E-state index contributed by atoms with van der Waals surface area (Å²) in [5.41, 5.74) is 2.33. The minimum Gasteiger partial charge on any atom is -0.324 e. The lowest BCUT2D eigenvalue weighted by atomic mass is 9.85. The fourth-order valence-electron chi connectivity index (χ4n) is 2.74. The summed E-state index contributed by atoms with van der Waals surface area (Å²) >= 11 is 1.48. The number of nitrogens with one attached hydrogen (secondary N) is 2. The van der Waals surface area contributed by atoms with Crippen LogP contribution in [0.3, 0.4) is 0 Å². The highest BCUT2D eigenvalue weighted by molar-refractivity contribution is 7.15. The first-order valence-electron chi connectivity index (χ1n) is 8.13. The molecule has 1 heterocycles. The zero-order valence-corrected chi connectivity index (χ0v) is 15.4. The predicted octanol–water partition coefficient (Wildman–Crippen LogP) is 4.85. The number of aryl methyl sites for hydroxylation is 2. The fourth-order valence-corrected chi connectivity index (χ4v) is 3.55. The Kier molecular flexibility index (Phi) is 4.86. The lowest BCUT2D eigenvalue weighted by molar-refractivity contribution is 0.244. The molecule has 0 unspecified atom stereocenters. The number of aromatic nitrogens is 1. The molecule has 0 aliphatic heterocycles. The van der Waals surface area contributed by atoms with Crippen molar-refractivity contribution in [3.63, 3.8) is 0 Å². The molecule has 0 atom stereocenters. The van der Waals surface area contributed by atoms with E-state index in [1.165, 1.54) is 11.3 Å². The van der Waals surface area contributed by atoms with Gasteiger partial charge in [0.25, 0.3) is 0 Å². The minimum atomic E-state index is -0.645. The van der Waals surface area contributed by atoms with Gasteiger partial charge in [-0.25, -0.2) is 9.78 Å². The number of carbonyl (C=O) groups is 1. The van der Waals surface area contributed by atoms with Crippen molar-refractivity contribution in [3.05, 3.63) is 82.4 Å². The largest absolute Gasteiger partial charge is 0.324 e. The van der Waals surface area contributed by atoms with Crippen molar-refractivity contribution in [1.82, 2.24) is 10.3 Å². The Bertz CT molecular complexity index is 800. The molecule has 2 N–H and O–H groups in total. The first-order valence-corrected chi connectivity index (χ1v) is 8.95. The molecule has 3 rings (SSSR count). The van der Waals surface area contributed by atoms with Gasteiger partial charge in [0.15, 0.2) is 5.13 Å². The maximum Gasteiger partial charge on any atom is 0.321 e. The molecule has 0 aliphatic carbocycles. The number of nitrogens with zero attached hydrogens (tertiary/aromatic N) is 1. The summed E-state index contributed by atoms with van der Waals surface area (Å²) in [6, 6.07) is 19.6. The number of amides is 2. The van der Waals surface area contributed by atoms with Gasteiger partial charge in [0.1, 0.15) is 0 Å². The molecule has 4 nitrogen and oxygen atoms in total. The predicted molar refractivity (Wildman–Crippen MR) is 103 cm³/mol. The van der Waals surface area contributed by atoms with Crippen molar-refractivity contribution in [1.29, 1.82) is 0 Å². The molecule has 0 saturated carbocycles. The van der Waals surface area contributed by atoms with Crippen LogP contribution >= 0.6 is 11.3 Å². The Balaban J connectivity index is 1.89. The van der Waals surface area contributed by atoms with E-state index in [0.717, 1.165) is 21.7 Å². The smallest absolute Gasteiger partial charge is 0.321 e. The molecule has 25 heavy (non-hydrogen) atoms. The summed E-state index contributed by atoms with van der Waals surface area (Å²) in [5, 5.41) is 6.58. The van der Waals surface area contributed by atoms with Gasteiger partial charge in [-0.2, -0.15) is 0 Å². The quantitative estimate of drug-likeness (QED) is 0.706. The Morgan fingerprint density at radius 1 is 0.960 bits per heavy atom. The van der Waals surface area contributed by atoms with Crippen LogP contribution in [0.4, 0.5) is 9.93 Å². The fraction of sp³-hybridized carbons (Fsp3) is 0.200. The van der Waals surface area contributed by atoms with Crippen LogP contribution in [0.2, 0.25) is 0 Å². The van der Waals surface area contributed by atoms with Gasteiger partial charge in [-0.15, -0.1) is 11.3 Å². The van der Waals surface area contributed by atoms with Crippen LogP contribution in [0.5, 0.6) is 0 Å². The molecule has 0 bridgehead atoms. The lowest BCUT2D eigenvalue weighted by Crippen LogP contribution is -2.46. The maximum absolute atomic E-state index is 12.6. The molecule has 0 spiro atoms. The van der Waals surface area contributed by atoms with Crippen molar-refractivity contribution in [2.45, 2.75) is 26.3 Å². The van der Waals surface area contributed by atoms with E-state index in [4.69, 9.17) is 0 Å². The Hall–Kier alpha value is -2.66. The second kappa shape index (κ2) is 7.07. The molecule has 2 amide bonds. The van der Waals surface area contributed by atoms with Crippen molar-refractivity contribution < 1.29 is 4.79 Å². The van der Waals surface area contributed by atoms with Crippen molar-refractivity contribution >= 4 is 22.5 Å². The van der Waals surface area contributed by atoms with Crippen LogP contribution in [-0.2, 0) is 5.54 Å². The molecular formula is C20H21N3OS. The van der Waals surface area contributed by atoms with E-state index < -0.39 is 5.54 Å². The number of thiazole rings is 1. The summed E-state index contributed by atoms with van der Waals surface area (Å²) in [6.07, 6.45) is 0. The molecule has 128 valence electrons. The molecule has 3 aromatic rings. The van der Waals surface area contributed by atoms with Crippen LogP contribution < -0.4 is 10.6 Å². The molecule has 0 fully saturated rings. The summed E-state index contributed by atoms with van der Waals surface area (Å²) in [6.45, 7) is 5.94. The maximum atomic E-state index is 12.6. The van der Waals surface area contributed by atoms with Crippen molar-refractivity contribution in [3.8, 4) is 0 Å². The van der Waals surface area contributed by atoms with Crippen molar-refractivity contribution in [2.24, 2.45) is 0 Å². The highest BCUT2D eigenvalue weighted by Crippen LogP contribution is 2.29. The summed E-state index contributed by atoms with van der Waals surface area (Å²) in [4.78, 5) is 18.1. The van der Waals surface area contributed by atoms with Crippen LogP contribution in [-0.4, -0.2) is 11.0 Å². The molecule has 0 saturated heterocycles. The number of rotatable bonds is 4. The molecule has 1 aromatic heterocycles. The topological polar surface area (TPSA) is 54.0 Å². The zero-order valence-electron chi connectivity index (χ0n) is 14.5. The average molecular weight is 351 g/mol. The van der Waals surface area contributed by atoms with E-state index in [9.17, 15) is 4.79 Å². The van der Waals surface area contributed by atoms with Gasteiger partial charge < -0.3 is 5.32 Å². The Morgan fingerprint density at radius 2 is 1.48 bits per heavy atom. The first kappa shape index (κ1) is 17.2. The Morgan fingerprint density at radius 3 is 1.92 bits per heavy atom. The minimum absolute atomic E-state index is 0.274. The number of anilines is 1. The molecular weight excluding hydrogens is 330 g/mol. The SMILES string of the molecule is Cc1nc(NC(=O)NC(C)(c2ccccc2)c2ccccc2)sc1C. The van der Waals surface area contributed by atoms with E-state index in [2.05, 4.69) is 15.6 Å². The summed E-state index contributed by atoms with van der Waals surface area (Å²) in [7, 11) is 0. The summed E-state index contributed by atoms with van der Waals surface area (Å²) in [5.74, 6) is 0. The lowest BCUT2D eigenvalue weighted by Gasteiger charge is -2.32. The molecule has 0 radical (unpaired) electrons. The van der Waals surface area contributed by atoms with Gasteiger partial charge in [-0.05, 0) is 31.9 Å². The molecule has 2 aromatic carbocycles. The van der Waals surface area contributed by atoms with E-state index in [-0.39, 0.29) is 6.03 Å². The van der Waals surface area contributed by atoms with Gasteiger partial charge in [-0.3, -0.25) is 5.32 Å². The monoisotopic (exact) mass is 351 g/mol. The van der Waals surface area contributed by atoms with Gasteiger partial charge in [0.05, 0.1) is 11.2 Å². The third kappa shape index (κ3) is 3.72. The van der Waals surface area contributed by atoms with Gasteiger partial charge in [0.2, 0.25) is 0 Å². The highest BCUT2D eigenvalue weighted by atomic mass is 32.1. The third-order valence-electron chi connectivity index (χ3n) is 4.31. The standard InChI is InChI=1S/C20H21N3OS/c1-14-15(2)25-19(21-14)22-18(24)23-20(3,16-10-6-4-7-11-16)17-12-8-5-9-13-17/h4-13H,1-3H3,(H2,21,22,23,24). The number of urea groups is 1. The number of hydrogen-bond donors (Lipinski definition) is 2. The zero-order chi connectivity index (χ0) is 17.9. The van der Waals surface area contributed by atoms with E-state index in [1.807, 2.05) is 81.4 Å². The third-order valence-corrected chi connectivity index (χ3v) is 5.30. The average Bonchev–Trinajstić information content (AvgIpc) is 2.93. The van der Waals surface area contributed by atoms with Crippen molar-refractivity contribution in [2.75, 3.05) is 5.32 Å². The second-order valence-electron chi connectivity index (χ2n) is 6.10. The van der Waals surface area contributed by atoms with Crippen LogP contribution in [0, 0.1) is 13.8 Å². The number of hydrogen-bond acceptors (Lipinski definition) is 3. The van der Waals surface area contributed by atoms with Crippen LogP contribution in [0.1, 0.15) is 28.6 Å². The van der Waals surface area contributed by atoms with Gasteiger partial charge >= 0.3 is 6.03 Å². The van der Waals surface area contributed by atoms with E-state index >= 15 is 0 Å². The second-order valence-corrected chi connectivity index (χ2v) is 7.30. The van der Waals surface area contributed by atoms with Gasteiger partial charge in [-0.1, -0.05) is 60.7 Å². The highest BCUT2D eigenvalue weighted by Gasteiger charge is 2.30. The first-order chi connectivity index (χ1) is 12.0. The molecule has 0 aliphatic rings. The summed E-state index contributed by atoms with van der Waals surface area (Å²) < 4.78 is 0. The van der Waals surface area contributed by atoms with Crippen LogP contribution in [0.15, 0.2) is 60.7 Å². The molecule has 5 heteroatoms. The Labute approximate surface area is 151 Å².